The van der Waals surface area contributed by atoms with Crippen LogP contribution < -0.4 is 5.73 Å². The van der Waals surface area contributed by atoms with Crippen LogP contribution in [0.2, 0.25) is 0 Å². The van der Waals surface area contributed by atoms with Gasteiger partial charge in [0.15, 0.2) is 0 Å². The Balaban J connectivity index is 1.49. The number of ether oxygens (including phenoxy) is 1. The predicted molar refractivity (Wildman–Crippen MR) is 97.1 cm³/mol. The summed E-state index contributed by atoms with van der Waals surface area (Å²) in [6.45, 7) is 0.855. The van der Waals surface area contributed by atoms with Gasteiger partial charge in [-0.2, -0.15) is 0 Å². The molecule has 28 heavy (non-hydrogen) atoms. The topological polar surface area (TPSA) is 81.6 Å². The van der Waals surface area contributed by atoms with Crippen molar-refractivity contribution in [1.82, 2.24) is 9.88 Å². The van der Waals surface area contributed by atoms with Crippen molar-refractivity contribution in [3.63, 3.8) is 0 Å². The Kier molecular flexibility index (Phi) is 5.16. The van der Waals surface area contributed by atoms with Crippen molar-refractivity contribution >= 4 is 5.91 Å². The van der Waals surface area contributed by atoms with E-state index in [2.05, 4.69) is 4.98 Å². The number of carbonyl (C=O) groups is 1. The zero-order valence-electron chi connectivity index (χ0n) is 15.7. The second-order valence-corrected chi connectivity index (χ2v) is 7.50. The molecule has 8 heteroatoms. The van der Waals surface area contributed by atoms with Gasteiger partial charge in [0.2, 0.25) is 11.8 Å². The molecular weight excluding hydrogens is 368 g/mol. The van der Waals surface area contributed by atoms with Gasteiger partial charge in [-0.3, -0.25) is 4.79 Å². The highest BCUT2D eigenvalue weighted by atomic mass is 19.1. The minimum atomic E-state index is -0.689. The number of amides is 1. The molecule has 0 unspecified atom stereocenters. The Morgan fingerprint density at radius 1 is 1.29 bits per heavy atom. The average Bonchev–Trinajstić information content (AvgIpc) is 3.10. The Morgan fingerprint density at radius 3 is 2.75 bits per heavy atom. The van der Waals surface area contributed by atoms with Gasteiger partial charge in [0.05, 0.1) is 12.6 Å². The lowest BCUT2D eigenvalue weighted by molar-refractivity contribution is -0.139. The van der Waals surface area contributed by atoms with E-state index >= 15 is 0 Å². The number of methoxy groups -OCH3 is 1. The standard InChI is InChI=1S/C20H23F2N3O3/c1-27-18-8-11(2-3-15(18)23)20(26)25-5-4-17-16(10-25)24-19(28-17)12-6-13(21)9-14(22)7-12/h6-7,9,11,15,18H,2-5,8,10,23H2,1H3/t11-,15+,18+/m0/s1. The number of fused-ring (bicyclic) bond motifs is 1. The minimum Gasteiger partial charge on any atom is -0.441 e. The first-order valence-electron chi connectivity index (χ1n) is 9.47. The van der Waals surface area contributed by atoms with Gasteiger partial charge >= 0.3 is 0 Å². The summed E-state index contributed by atoms with van der Waals surface area (Å²) in [6.07, 6.45) is 2.53. The van der Waals surface area contributed by atoms with Gasteiger partial charge in [-0.05, 0) is 31.4 Å². The van der Waals surface area contributed by atoms with E-state index in [1.54, 1.807) is 12.0 Å². The number of hydrogen-bond acceptors (Lipinski definition) is 5. The van der Waals surface area contributed by atoms with Crippen LogP contribution in [0.4, 0.5) is 8.78 Å². The van der Waals surface area contributed by atoms with Crippen LogP contribution in [0.25, 0.3) is 11.5 Å². The number of aromatic nitrogens is 1. The molecule has 0 spiro atoms. The molecule has 0 saturated heterocycles. The van der Waals surface area contributed by atoms with Crippen LogP contribution in [-0.2, 0) is 22.5 Å². The fraction of sp³-hybridized carbons (Fsp3) is 0.500. The number of halogens is 2. The van der Waals surface area contributed by atoms with Crippen molar-refractivity contribution in [1.29, 1.82) is 0 Å². The molecule has 6 nitrogen and oxygen atoms in total. The third-order valence-corrected chi connectivity index (χ3v) is 5.64. The van der Waals surface area contributed by atoms with E-state index < -0.39 is 11.6 Å². The Labute approximate surface area is 161 Å². The Morgan fingerprint density at radius 2 is 2.04 bits per heavy atom. The van der Waals surface area contributed by atoms with Crippen LogP contribution in [0.3, 0.4) is 0 Å². The van der Waals surface area contributed by atoms with Crippen LogP contribution in [0, 0.1) is 17.6 Å². The smallest absolute Gasteiger partial charge is 0.226 e. The van der Waals surface area contributed by atoms with Gasteiger partial charge in [0.25, 0.3) is 0 Å². The highest BCUT2D eigenvalue weighted by Crippen LogP contribution is 2.31. The molecule has 4 rings (SSSR count). The third kappa shape index (κ3) is 3.66. The second kappa shape index (κ2) is 7.60. The lowest BCUT2D eigenvalue weighted by Gasteiger charge is -2.36. The van der Waals surface area contributed by atoms with Gasteiger partial charge in [-0.15, -0.1) is 0 Å². The van der Waals surface area contributed by atoms with E-state index in [4.69, 9.17) is 14.9 Å². The number of carbonyl (C=O) groups excluding carboxylic acids is 1. The number of nitrogens with zero attached hydrogens (tertiary/aromatic N) is 2. The summed E-state index contributed by atoms with van der Waals surface area (Å²) < 4.78 is 38.1. The van der Waals surface area contributed by atoms with Gasteiger partial charge in [0.1, 0.15) is 23.1 Å². The quantitative estimate of drug-likeness (QED) is 0.870. The van der Waals surface area contributed by atoms with Crippen LogP contribution in [0.5, 0.6) is 0 Å². The summed E-state index contributed by atoms with van der Waals surface area (Å²) in [7, 11) is 1.62. The number of benzene rings is 1. The maximum absolute atomic E-state index is 13.5. The maximum atomic E-state index is 13.5. The van der Waals surface area contributed by atoms with Crippen LogP contribution >= 0.6 is 0 Å². The van der Waals surface area contributed by atoms with E-state index in [-0.39, 0.29) is 35.4 Å². The molecule has 1 aliphatic carbocycles. The largest absolute Gasteiger partial charge is 0.441 e. The molecular formula is C20H23F2N3O3. The van der Waals surface area contributed by atoms with Gasteiger partial charge < -0.3 is 19.8 Å². The summed E-state index contributed by atoms with van der Waals surface area (Å²) in [5.74, 6) is -0.599. The molecule has 2 aromatic rings. The summed E-state index contributed by atoms with van der Waals surface area (Å²) >= 11 is 0. The first-order chi connectivity index (χ1) is 13.4. The summed E-state index contributed by atoms with van der Waals surface area (Å²) in [5, 5.41) is 0. The highest BCUT2D eigenvalue weighted by Gasteiger charge is 2.36. The number of nitrogens with two attached hydrogens (primary N) is 1. The molecule has 2 heterocycles. The molecule has 1 aliphatic heterocycles. The normalized spacial score (nSPS) is 24.9. The molecule has 1 amide bonds. The monoisotopic (exact) mass is 391 g/mol. The van der Waals surface area contributed by atoms with Crippen LogP contribution in [0.1, 0.15) is 30.7 Å². The molecule has 2 N–H and O–H groups in total. The molecule has 150 valence electrons. The van der Waals surface area contributed by atoms with Crippen LogP contribution in [0.15, 0.2) is 22.6 Å². The molecule has 2 aliphatic rings. The first kappa shape index (κ1) is 19.0. The average molecular weight is 391 g/mol. The Hall–Kier alpha value is -2.32. The van der Waals surface area contributed by atoms with E-state index in [9.17, 15) is 13.6 Å². The van der Waals surface area contributed by atoms with Crippen molar-refractivity contribution in [2.24, 2.45) is 11.7 Å². The lowest BCUT2D eigenvalue weighted by Crippen LogP contribution is -2.47. The summed E-state index contributed by atoms with van der Waals surface area (Å²) in [4.78, 5) is 19.1. The predicted octanol–water partition coefficient (Wildman–Crippen LogP) is 2.65. The van der Waals surface area contributed by atoms with Crippen molar-refractivity contribution < 1.29 is 22.7 Å². The second-order valence-electron chi connectivity index (χ2n) is 7.50. The number of rotatable bonds is 3. The molecule has 3 atom stereocenters. The molecule has 0 radical (unpaired) electrons. The van der Waals surface area contributed by atoms with E-state index in [1.165, 1.54) is 12.1 Å². The maximum Gasteiger partial charge on any atom is 0.226 e. The molecule has 1 saturated carbocycles. The SMILES string of the molecule is CO[C@@H]1C[C@@H](C(=O)N2CCc3oc(-c4cc(F)cc(F)c4)nc3C2)CC[C@H]1N. The minimum absolute atomic E-state index is 0.0354. The summed E-state index contributed by atoms with van der Waals surface area (Å²) in [6, 6.07) is 3.13. The highest BCUT2D eigenvalue weighted by molar-refractivity contribution is 5.79. The fourth-order valence-corrected chi connectivity index (χ4v) is 4.09. The van der Waals surface area contributed by atoms with Crippen LogP contribution in [-0.4, -0.2) is 41.6 Å². The molecule has 1 fully saturated rings. The number of hydrogen-bond donors (Lipinski definition) is 1. The first-order valence-corrected chi connectivity index (χ1v) is 9.47. The molecule has 0 bridgehead atoms. The van der Waals surface area contributed by atoms with Crippen molar-refractivity contribution in [2.75, 3.05) is 13.7 Å². The van der Waals surface area contributed by atoms with E-state index in [0.29, 0.717) is 37.4 Å². The number of oxazole rings is 1. The van der Waals surface area contributed by atoms with Gasteiger partial charge in [0, 0.05) is 43.7 Å². The third-order valence-electron chi connectivity index (χ3n) is 5.64. The van der Waals surface area contributed by atoms with Gasteiger partial charge in [-0.25, -0.2) is 13.8 Å². The van der Waals surface area contributed by atoms with Crippen molar-refractivity contribution in [3.8, 4) is 11.5 Å². The fourth-order valence-electron chi connectivity index (χ4n) is 4.09. The molecule has 1 aromatic carbocycles. The van der Waals surface area contributed by atoms with E-state index in [0.717, 1.165) is 18.9 Å². The van der Waals surface area contributed by atoms with E-state index in [1.807, 2.05) is 0 Å². The zero-order chi connectivity index (χ0) is 19.8. The zero-order valence-corrected chi connectivity index (χ0v) is 15.7. The molecule has 1 aromatic heterocycles. The van der Waals surface area contributed by atoms with Crippen molar-refractivity contribution in [2.45, 2.75) is 44.4 Å². The lowest BCUT2D eigenvalue weighted by atomic mass is 9.83. The van der Waals surface area contributed by atoms with Gasteiger partial charge in [-0.1, -0.05) is 0 Å². The summed E-state index contributed by atoms with van der Waals surface area (Å²) in [5.41, 5.74) is 6.93. The Bertz CT molecular complexity index is 865. The van der Waals surface area contributed by atoms with Crippen molar-refractivity contribution in [3.05, 3.63) is 41.3 Å².